The lowest BCUT2D eigenvalue weighted by molar-refractivity contribution is 0.0684. The fraction of sp³-hybridized carbons (Fsp3) is 0.158. The van der Waals surface area contributed by atoms with E-state index in [1.165, 1.54) is 0 Å². The summed E-state index contributed by atoms with van der Waals surface area (Å²) in [6, 6.07) is 14.2. The zero-order valence-corrected chi connectivity index (χ0v) is 14.3. The molecule has 0 unspecified atom stereocenters. The minimum absolute atomic E-state index is 0.0288. The van der Waals surface area contributed by atoms with Crippen LogP contribution in [0.2, 0.25) is 0 Å². The van der Waals surface area contributed by atoms with Crippen molar-refractivity contribution in [3.63, 3.8) is 0 Å². The molecule has 1 aromatic heterocycles. The minimum Gasteiger partial charge on any atom is -0.476 e. The average Bonchev–Trinajstić information content (AvgIpc) is 2.60. The molecular formula is C19H17N3O4. The molecule has 0 aliphatic carbocycles. The van der Waals surface area contributed by atoms with Crippen molar-refractivity contribution in [2.24, 2.45) is 0 Å². The number of aromatic carboxylic acids is 1. The van der Waals surface area contributed by atoms with Crippen LogP contribution in [0.1, 0.15) is 27.2 Å². The van der Waals surface area contributed by atoms with Gasteiger partial charge in [0.05, 0.1) is 12.2 Å². The Hall–Kier alpha value is -3.48. The van der Waals surface area contributed by atoms with Crippen LogP contribution in [0.5, 0.6) is 0 Å². The van der Waals surface area contributed by atoms with E-state index < -0.39 is 22.9 Å². The van der Waals surface area contributed by atoms with E-state index in [9.17, 15) is 19.5 Å². The van der Waals surface area contributed by atoms with Crippen molar-refractivity contribution in [1.82, 2.24) is 14.3 Å². The van der Waals surface area contributed by atoms with Crippen molar-refractivity contribution < 1.29 is 9.90 Å². The van der Waals surface area contributed by atoms with Crippen molar-refractivity contribution in [2.75, 3.05) is 0 Å². The number of aryl methyl sites for hydroxylation is 2. The molecule has 0 fully saturated rings. The molecule has 26 heavy (non-hydrogen) atoms. The van der Waals surface area contributed by atoms with Crippen LogP contribution in [0.3, 0.4) is 0 Å². The second-order valence-electron chi connectivity index (χ2n) is 6.00. The molecule has 3 rings (SSSR count). The second kappa shape index (κ2) is 6.79. The Morgan fingerprint density at radius 1 is 1.08 bits per heavy atom. The lowest BCUT2D eigenvalue weighted by Gasteiger charge is -2.12. The smallest absolute Gasteiger partial charge is 0.362 e. The van der Waals surface area contributed by atoms with Gasteiger partial charge >= 0.3 is 11.7 Å². The Labute approximate surface area is 148 Å². The summed E-state index contributed by atoms with van der Waals surface area (Å²) in [5.41, 5.74) is 0.628. The summed E-state index contributed by atoms with van der Waals surface area (Å²) < 4.78 is 1.86. The molecule has 3 aromatic rings. The summed E-state index contributed by atoms with van der Waals surface area (Å²) in [7, 11) is 0. The third kappa shape index (κ3) is 3.19. The van der Waals surface area contributed by atoms with E-state index >= 15 is 0 Å². The third-order valence-corrected chi connectivity index (χ3v) is 4.10. The van der Waals surface area contributed by atoms with Crippen molar-refractivity contribution >= 4 is 5.97 Å². The van der Waals surface area contributed by atoms with Crippen LogP contribution in [-0.4, -0.2) is 25.4 Å². The molecular weight excluding hydrogens is 334 g/mol. The van der Waals surface area contributed by atoms with Gasteiger partial charge in [-0.15, -0.1) is 0 Å². The molecule has 1 heterocycles. The van der Waals surface area contributed by atoms with E-state index in [-0.39, 0.29) is 6.54 Å². The number of aromatic nitrogens is 3. The molecule has 0 saturated carbocycles. The van der Waals surface area contributed by atoms with Crippen LogP contribution in [-0.2, 0) is 6.54 Å². The van der Waals surface area contributed by atoms with E-state index in [0.29, 0.717) is 5.69 Å². The standard InChI is InChI=1S/C19H17N3O4/c1-12-6-5-9-15(10-12)22-19(26)21(17(23)16(20-22)18(24)25)11-14-8-4-3-7-13(14)2/h3-10H,11H2,1-2H3,(H,24,25). The number of nitrogens with zero attached hydrogens (tertiary/aromatic N) is 3. The van der Waals surface area contributed by atoms with E-state index in [0.717, 1.165) is 25.9 Å². The van der Waals surface area contributed by atoms with Gasteiger partial charge in [-0.2, -0.15) is 9.78 Å². The Kier molecular flexibility index (Phi) is 4.53. The topological polar surface area (TPSA) is 94.2 Å². The maximum absolute atomic E-state index is 12.9. The van der Waals surface area contributed by atoms with Crippen LogP contribution < -0.4 is 11.2 Å². The van der Waals surface area contributed by atoms with Gasteiger partial charge in [-0.05, 0) is 42.7 Å². The van der Waals surface area contributed by atoms with Crippen molar-refractivity contribution in [1.29, 1.82) is 0 Å². The molecule has 0 radical (unpaired) electrons. The molecule has 0 bridgehead atoms. The highest BCUT2D eigenvalue weighted by molar-refractivity contribution is 5.84. The first-order chi connectivity index (χ1) is 12.4. The van der Waals surface area contributed by atoms with Crippen molar-refractivity contribution in [3.05, 3.63) is 91.8 Å². The Morgan fingerprint density at radius 2 is 1.81 bits per heavy atom. The van der Waals surface area contributed by atoms with Crippen LogP contribution in [0.4, 0.5) is 0 Å². The molecule has 1 N–H and O–H groups in total. The fourth-order valence-corrected chi connectivity index (χ4v) is 2.67. The first-order valence-corrected chi connectivity index (χ1v) is 7.97. The number of benzene rings is 2. The second-order valence-corrected chi connectivity index (χ2v) is 6.00. The first kappa shape index (κ1) is 17.3. The number of carbonyl (C=O) groups is 1. The van der Waals surface area contributed by atoms with Crippen LogP contribution >= 0.6 is 0 Å². The number of hydrogen-bond donors (Lipinski definition) is 1. The average molecular weight is 351 g/mol. The SMILES string of the molecule is Cc1cccc(-n2nc(C(=O)O)c(=O)n(Cc3ccccc3C)c2=O)c1. The fourth-order valence-electron chi connectivity index (χ4n) is 2.67. The van der Waals surface area contributed by atoms with Gasteiger partial charge in [0.1, 0.15) is 0 Å². The highest BCUT2D eigenvalue weighted by Gasteiger charge is 2.20. The molecule has 0 saturated heterocycles. The molecule has 7 nitrogen and oxygen atoms in total. The van der Waals surface area contributed by atoms with Gasteiger partial charge in [0.25, 0.3) is 5.56 Å². The summed E-state index contributed by atoms with van der Waals surface area (Å²) in [6.07, 6.45) is 0. The molecule has 7 heteroatoms. The Bertz CT molecular complexity index is 1110. The summed E-state index contributed by atoms with van der Waals surface area (Å²) in [5.74, 6) is -1.48. The van der Waals surface area contributed by atoms with Gasteiger partial charge in [-0.25, -0.2) is 9.59 Å². The van der Waals surface area contributed by atoms with Gasteiger partial charge in [-0.3, -0.25) is 9.36 Å². The Morgan fingerprint density at radius 3 is 2.46 bits per heavy atom. The van der Waals surface area contributed by atoms with E-state index in [2.05, 4.69) is 5.10 Å². The normalized spacial score (nSPS) is 10.7. The highest BCUT2D eigenvalue weighted by atomic mass is 16.4. The van der Waals surface area contributed by atoms with Crippen LogP contribution in [0.15, 0.2) is 58.1 Å². The molecule has 2 aromatic carbocycles. The molecule has 0 aliphatic rings. The lowest BCUT2D eigenvalue weighted by Crippen LogP contribution is -2.44. The summed E-state index contributed by atoms with van der Waals surface area (Å²) >= 11 is 0. The summed E-state index contributed by atoms with van der Waals surface area (Å²) in [4.78, 5) is 36.8. The zero-order valence-electron chi connectivity index (χ0n) is 14.3. The lowest BCUT2D eigenvalue weighted by atomic mass is 10.1. The minimum atomic E-state index is -1.48. The summed E-state index contributed by atoms with van der Waals surface area (Å²) in [6.45, 7) is 3.67. The van der Waals surface area contributed by atoms with E-state index in [4.69, 9.17) is 0 Å². The molecule has 0 spiro atoms. The highest BCUT2D eigenvalue weighted by Crippen LogP contribution is 2.09. The van der Waals surface area contributed by atoms with E-state index in [1.54, 1.807) is 30.3 Å². The van der Waals surface area contributed by atoms with E-state index in [1.807, 2.05) is 32.0 Å². The first-order valence-electron chi connectivity index (χ1n) is 7.97. The predicted octanol–water partition coefficient (Wildman–Crippen LogP) is 1.76. The van der Waals surface area contributed by atoms with Crippen molar-refractivity contribution in [2.45, 2.75) is 20.4 Å². The number of hydrogen-bond acceptors (Lipinski definition) is 4. The van der Waals surface area contributed by atoms with Crippen LogP contribution in [0, 0.1) is 13.8 Å². The molecule has 132 valence electrons. The maximum Gasteiger partial charge on any atom is 0.362 e. The van der Waals surface area contributed by atoms with Crippen molar-refractivity contribution in [3.8, 4) is 5.69 Å². The van der Waals surface area contributed by atoms with Gasteiger partial charge in [-0.1, -0.05) is 36.4 Å². The van der Waals surface area contributed by atoms with Gasteiger partial charge < -0.3 is 5.11 Å². The molecule has 0 atom stereocenters. The molecule has 0 aliphatic heterocycles. The number of carboxylic acids is 1. The number of carboxylic acid groups (broad SMARTS) is 1. The Balaban J connectivity index is 2.27. The zero-order chi connectivity index (χ0) is 18.8. The monoisotopic (exact) mass is 351 g/mol. The third-order valence-electron chi connectivity index (χ3n) is 4.10. The van der Waals surface area contributed by atoms with Crippen LogP contribution in [0.25, 0.3) is 5.69 Å². The van der Waals surface area contributed by atoms with Gasteiger partial charge in [0, 0.05) is 0 Å². The maximum atomic E-state index is 12.9. The largest absolute Gasteiger partial charge is 0.476 e. The predicted molar refractivity (Wildman–Crippen MR) is 96.1 cm³/mol. The number of rotatable bonds is 4. The summed E-state index contributed by atoms with van der Waals surface area (Å²) in [5, 5.41) is 13.1. The van der Waals surface area contributed by atoms with Gasteiger partial charge in [0.15, 0.2) is 0 Å². The molecule has 0 amide bonds. The quantitative estimate of drug-likeness (QED) is 0.773. The van der Waals surface area contributed by atoms with Gasteiger partial charge in [0.2, 0.25) is 5.69 Å².